The van der Waals surface area contributed by atoms with E-state index in [1.807, 2.05) is 19.9 Å². The van der Waals surface area contributed by atoms with Crippen LogP contribution in [0.15, 0.2) is 48.5 Å². The van der Waals surface area contributed by atoms with E-state index in [0.29, 0.717) is 22.7 Å². The highest BCUT2D eigenvalue weighted by atomic mass is 16.5. The molecule has 0 aliphatic rings. The van der Waals surface area contributed by atoms with Crippen LogP contribution in [0.3, 0.4) is 0 Å². The van der Waals surface area contributed by atoms with Crippen molar-refractivity contribution in [3.8, 4) is 5.75 Å². The van der Waals surface area contributed by atoms with Crippen LogP contribution in [0.1, 0.15) is 24.2 Å². The highest BCUT2D eigenvalue weighted by molar-refractivity contribution is 6.05. The monoisotopic (exact) mass is 342 g/mol. The van der Waals surface area contributed by atoms with E-state index in [0.717, 1.165) is 0 Å². The van der Waals surface area contributed by atoms with Crippen molar-refractivity contribution < 1.29 is 19.1 Å². The van der Waals surface area contributed by atoms with Gasteiger partial charge in [0, 0.05) is 11.3 Å². The summed E-state index contributed by atoms with van der Waals surface area (Å²) < 4.78 is 10.5. The number of methoxy groups -OCH3 is 1. The molecule has 0 aliphatic carbocycles. The Balaban J connectivity index is 2.11. The van der Waals surface area contributed by atoms with Crippen LogP contribution in [-0.2, 0) is 9.53 Å². The Morgan fingerprint density at radius 2 is 1.76 bits per heavy atom. The Bertz CT molecular complexity index is 729. The lowest BCUT2D eigenvalue weighted by molar-refractivity contribution is -0.121. The number of ether oxygens (including phenoxy) is 2. The third-order valence-corrected chi connectivity index (χ3v) is 3.32. The third-order valence-electron chi connectivity index (χ3n) is 3.32. The highest BCUT2D eigenvalue weighted by Gasteiger charge is 2.12. The summed E-state index contributed by atoms with van der Waals surface area (Å²) in [5, 5.41) is 5.53. The van der Waals surface area contributed by atoms with Crippen LogP contribution >= 0.6 is 0 Å². The number of hydrogen-bond donors (Lipinski definition) is 2. The topological polar surface area (TPSA) is 76.7 Å². The Hall–Kier alpha value is -2.86. The van der Waals surface area contributed by atoms with Gasteiger partial charge in [-0.15, -0.1) is 0 Å². The molecule has 0 radical (unpaired) electrons. The standard InChI is InChI=1S/C19H22N2O4/c1-13(2)25-12-18(22)20-15-9-10-17(24-3)16(11-15)21-19(23)14-7-5-4-6-8-14/h4-11,13H,12H2,1-3H3,(H,20,22)(H,21,23). The van der Waals surface area contributed by atoms with Crippen molar-refractivity contribution in [2.45, 2.75) is 20.0 Å². The van der Waals surface area contributed by atoms with Crippen LogP contribution in [0.5, 0.6) is 5.75 Å². The minimum absolute atomic E-state index is 0.0256. The van der Waals surface area contributed by atoms with E-state index < -0.39 is 0 Å². The van der Waals surface area contributed by atoms with E-state index in [4.69, 9.17) is 9.47 Å². The van der Waals surface area contributed by atoms with Gasteiger partial charge in [0.15, 0.2) is 0 Å². The first-order valence-electron chi connectivity index (χ1n) is 7.95. The van der Waals surface area contributed by atoms with Gasteiger partial charge in [-0.05, 0) is 44.2 Å². The number of carbonyl (C=O) groups is 2. The summed E-state index contributed by atoms with van der Waals surface area (Å²) in [6, 6.07) is 13.9. The second kappa shape index (κ2) is 8.84. The van der Waals surface area contributed by atoms with Gasteiger partial charge >= 0.3 is 0 Å². The minimum Gasteiger partial charge on any atom is -0.495 e. The Labute approximate surface area is 147 Å². The fraction of sp³-hybridized carbons (Fsp3) is 0.263. The fourth-order valence-corrected chi connectivity index (χ4v) is 2.11. The normalized spacial score (nSPS) is 10.4. The Morgan fingerprint density at radius 3 is 2.40 bits per heavy atom. The summed E-state index contributed by atoms with van der Waals surface area (Å²) in [6.07, 6.45) is -0.0256. The maximum atomic E-state index is 12.3. The van der Waals surface area contributed by atoms with Gasteiger partial charge in [0.25, 0.3) is 5.91 Å². The lowest BCUT2D eigenvalue weighted by Gasteiger charge is -2.13. The lowest BCUT2D eigenvalue weighted by atomic mass is 10.2. The predicted molar refractivity (Wildman–Crippen MR) is 97.1 cm³/mol. The first-order valence-corrected chi connectivity index (χ1v) is 7.95. The largest absolute Gasteiger partial charge is 0.495 e. The van der Waals surface area contributed by atoms with Gasteiger partial charge in [0.2, 0.25) is 5.91 Å². The molecule has 0 bridgehead atoms. The van der Waals surface area contributed by atoms with Crippen molar-refractivity contribution in [3.05, 3.63) is 54.1 Å². The van der Waals surface area contributed by atoms with Gasteiger partial charge in [-0.25, -0.2) is 0 Å². The molecule has 0 spiro atoms. The van der Waals surface area contributed by atoms with E-state index in [9.17, 15) is 9.59 Å². The second-order valence-electron chi connectivity index (χ2n) is 5.64. The molecule has 0 unspecified atom stereocenters. The first kappa shape index (κ1) is 18.5. The van der Waals surface area contributed by atoms with Gasteiger partial charge < -0.3 is 20.1 Å². The molecule has 0 saturated heterocycles. The molecule has 25 heavy (non-hydrogen) atoms. The third kappa shape index (κ3) is 5.61. The van der Waals surface area contributed by atoms with Gasteiger partial charge in [-0.1, -0.05) is 18.2 Å². The van der Waals surface area contributed by atoms with Crippen LogP contribution in [0.2, 0.25) is 0 Å². The molecule has 6 nitrogen and oxygen atoms in total. The molecule has 2 N–H and O–H groups in total. The van der Waals surface area contributed by atoms with Crippen molar-refractivity contribution in [2.75, 3.05) is 24.4 Å². The molecule has 2 amide bonds. The highest BCUT2D eigenvalue weighted by Crippen LogP contribution is 2.28. The molecular weight excluding hydrogens is 320 g/mol. The number of nitrogens with one attached hydrogen (secondary N) is 2. The van der Waals surface area contributed by atoms with E-state index in [-0.39, 0.29) is 24.5 Å². The zero-order valence-corrected chi connectivity index (χ0v) is 14.5. The molecule has 2 rings (SSSR count). The minimum atomic E-state index is -0.265. The SMILES string of the molecule is COc1ccc(NC(=O)COC(C)C)cc1NC(=O)c1ccccc1. The number of hydrogen-bond acceptors (Lipinski definition) is 4. The smallest absolute Gasteiger partial charge is 0.255 e. The predicted octanol–water partition coefficient (Wildman–Crippen LogP) is 3.31. The van der Waals surface area contributed by atoms with Crippen molar-refractivity contribution >= 4 is 23.2 Å². The molecular formula is C19H22N2O4. The van der Waals surface area contributed by atoms with E-state index in [1.54, 1.807) is 42.5 Å². The summed E-state index contributed by atoms with van der Waals surface area (Å²) in [7, 11) is 1.52. The average molecular weight is 342 g/mol. The fourth-order valence-electron chi connectivity index (χ4n) is 2.11. The number of anilines is 2. The van der Waals surface area contributed by atoms with Crippen LogP contribution in [0.4, 0.5) is 11.4 Å². The number of rotatable bonds is 7. The summed E-state index contributed by atoms with van der Waals surface area (Å²) in [5.41, 5.74) is 1.55. The maximum Gasteiger partial charge on any atom is 0.255 e. The molecule has 0 saturated carbocycles. The summed E-state index contributed by atoms with van der Waals surface area (Å²) in [5.74, 6) is -0.0227. The molecule has 0 heterocycles. The zero-order valence-electron chi connectivity index (χ0n) is 14.5. The summed E-state index contributed by atoms with van der Waals surface area (Å²) >= 11 is 0. The van der Waals surface area contributed by atoms with E-state index in [1.165, 1.54) is 7.11 Å². The molecule has 6 heteroatoms. The van der Waals surface area contributed by atoms with Gasteiger partial charge in [-0.3, -0.25) is 9.59 Å². The summed E-state index contributed by atoms with van der Waals surface area (Å²) in [6.45, 7) is 3.69. The van der Waals surface area contributed by atoms with Crippen LogP contribution < -0.4 is 15.4 Å². The van der Waals surface area contributed by atoms with Crippen molar-refractivity contribution in [3.63, 3.8) is 0 Å². The molecule has 2 aromatic carbocycles. The lowest BCUT2D eigenvalue weighted by Crippen LogP contribution is -2.21. The molecule has 0 aromatic heterocycles. The Kier molecular flexibility index (Phi) is 6.54. The average Bonchev–Trinajstić information content (AvgIpc) is 2.61. The number of benzene rings is 2. The number of amides is 2. The molecule has 132 valence electrons. The number of carbonyl (C=O) groups excluding carboxylic acids is 2. The maximum absolute atomic E-state index is 12.3. The summed E-state index contributed by atoms with van der Waals surface area (Å²) in [4.78, 5) is 24.2. The van der Waals surface area contributed by atoms with Crippen LogP contribution in [0.25, 0.3) is 0 Å². The van der Waals surface area contributed by atoms with Crippen molar-refractivity contribution in [2.24, 2.45) is 0 Å². The molecule has 0 aliphatic heterocycles. The quantitative estimate of drug-likeness (QED) is 0.809. The van der Waals surface area contributed by atoms with Gasteiger partial charge in [0.05, 0.1) is 18.9 Å². The molecule has 0 fully saturated rings. The van der Waals surface area contributed by atoms with Gasteiger partial charge in [0.1, 0.15) is 12.4 Å². The van der Waals surface area contributed by atoms with E-state index in [2.05, 4.69) is 10.6 Å². The molecule has 0 atom stereocenters. The van der Waals surface area contributed by atoms with Crippen LogP contribution in [-0.4, -0.2) is 31.6 Å². The van der Waals surface area contributed by atoms with Gasteiger partial charge in [-0.2, -0.15) is 0 Å². The van der Waals surface area contributed by atoms with Crippen molar-refractivity contribution in [1.29, 1.82) is 0 Å². The first-order chi connectivity index (χ1) is 12.0. The zero-order chi connectivity index (χ0) is 18.2. The second-order valence-corrected chi connectivity index (χ2v) is 5.64. The van der Waals surface area contributed by atoms with E-state index >= 15 is 0 Å². The van der Waals surface area contributed by atoms with Crippen LogP contribution in [0, 0.1) is 0 Å². The molecule has 2 aromatic rings. The van der Waals surface area contributed by atoms with Crippen molar-refractivity contribution in [1.82, 2.24) is 0 Å². The Morgan fingerprint density at radius 1 is 1.04 bits per heavy atom.